The van der Waals surface area contributed by atoms with Crippen LogP contribution >= 0.6 is 24.0 Å². The first-order valence-corrected chi connectivity index (χ1v) is 10.9. The number of benzene rings is 1. The van der Waals surface area contributed by atoms with E-state index in [-0.39, 0.29) is 30.3 Å². The summed E-state index contributed by atoms with van der Waals surface area (Å²) in [5, 5.41) is 11.7. The summed E-state index contributed by atoms with van der Waals surface area (Å²) in [6.07, 6.45) is 6.50. The quantitative estimate of drug-likeness (QED) is 0.400. The van der Waals surface area contributed by atoms with Crippen LogP contribution in [0.5, 0.6) is 0 Å². The summed E-state index contributed by atoms with van der Waals surface area (Å²) in [6.45, 7) is 0.388. The summed E-state index contributed by atoms with van der Waals surface area (Å²) in [5.74, 6) is -1.33. The molecule has 12 heteroatoms. The highest BCUT2D eigenvalue weighted by atomic mass is 35.5. The van der Waals surface area contributed by atoms with E-state index < -0.39 is 27.9 Å². The smallest absolute Gasteiger partial charge is 0.303 e. The number of nitrogens with one attached hydrogen (secondary N) is 2. The van der Waals surface area contributed by atoms with E-state index in [2.05, 4.69) is 15.0 Å². The highest BCUT2D eigenvalue weighted by Crippen LogP contribution is 2.14. The molecule has 0 saturated heterocycles. The molecule has 1 atom stereocenters. The number of hydrogen-bond acceptors (Lipinski definition) is 5. The maximum atomic E-state index is 12.7. The van der Waals surface area contributed by atoms with Gasteiger partial charge >= 0.3 is 5.97 Å². The van der Waals surface area contributed by atoms with Crippen LogP contribution < -0.4 is 10.0 Å². The maximum absolute atomic E-state index is 12.7. The number of carbonyl (C=O) groups excluding carboxylic acids is 1. The largest absolute Gasteiger partial charge is 0.481 e. The number of halogens is 2. The van der Waals surface area contributed by atoms with Crippen molar-refractivity contribution in [1.82, 2.24) is 19.6 Å². The molecular formula is C18H24Cl2N4O5S. The van der Waals surface area contributed by atoms with Crippen LogP contribution in [0.4, 0.5) is 0 Å². The molecule has 1 aromatic carbocycles. The molecule has 1 unspecified atom stereocenters. The lowest BCUT2D eigenvalue weighted by Crippen LogP contribution is -2.49. The lowest BCUT2D eigenvalue weighted by Gasteiger charge is -2.19. The van der Waals surface area contributed by atoms with Gasteiger partial charge in [0.15, 0.2) is 0 Å². The normalized spacial score (nSPS) is 12.0. The van der Waals surface area contributed by atoms with E-state index in [1.165, 1.54) is 36.8 Å². The van der Waals surface area contributed by atoms with Crippen molar-refractivity contribution in [3.8, 4) is 0 Å². The summed E-state index contributed by atoms with van der Waals surface area (Å²) in [6, 6.07) is 4.58. The van der Waals surface area contributed by atoms with Gasteiger partial charge in [0.1, 0.15) is 6.04 Å². The van der Waals surface area contributed by atoms with Gasteiger partial charge in [0.25, 0.3) is 0 Å². The van der Waals surface area contributed by atoms with Gasteiger partial charge in [0.2, 0.25) is 15.9 Å². The molecule has 0 aliphatic heterocycles. The minimum absolute atomic E-state index is 0. The van der Waals surface area contributed by atoms with Crippen molar-refractivity contribution in [2.24, 2.45) is 0 Å². The lowest BCUT2D eigenvalue weighted by atomic mass is 10.2. The van der Waals surface area contributed by atoms with Gasteiger partial charge in [-0.25, -0.2) is 13.4 Å². The molecule has 0 aliphatic carbocycles. The van der Waals surface area contributed by atoms with Gasteiger partial charge in [-0.3, -0.25) is 9.59 Å². The molecule has 1 heterocycles. The van der Waals surface area contributed by atoms with Gasteiger partial charge in [-0.1, -0.05) is 18.0 Å². The summed E-state index contributed by atoms with van der Waals surface area (Å²) < 4.78 is 29.3. The van der Waals surface area contributed by atoms with Crippen molar-refractivity contribution in [2.75, 3.05) is 6.54 Å². The number of amides is 1. The predicted octanol–water partition coefficient (Wildman–Crippen LogP) is 2.07. The Labute approximate surface area is 186 Å². The second-order valence-electron chi connectivity index (χ2n) is 6.38. The first-order valence-electron chi connectivity index (χ1n) is 9.01. The Bertz CT molecular complexity index is 905. The van der Waals surface area contributed by atoms with E-state index in [1.54, 1.807) is 10.8 Å². The second kappa shape index (κ2) is 12.5. The number of imidazole rings is 1. The minimum Gasteiger partial charge on any atom is -0.481 e. The standard InChI is InChI=1S/C18H23ClN4O5S.ClH/c19-14-5-7-15(8-6-14)29(27,28)22-16(12-23-11-10-20-13-23)18(26)21-9-3-1-2-4-17(24)25;/h5-8,10-11,13,16,22H,1-4,9,12H2,(H,21,26)(H,24,25);1H. The average Bonchev–Trinajstić information content (AvgIpc) is 3.17. The molecule has 166 valence electrons. The Kier molecular flexibility index (Phi) is 10.8. The SMILES string of the molecule is Cl.O=C(O)CCCCCNC(=O)C(Cn1ccnc1)NS(=O)(=O)c1ccc(Cl)cc1. The Hall–Kier alpha value is -2.14. The van der Waals surface area contributed by atoms with E-state index in [1.807, 2.05) is 0 Å². The average molecular weight is 479 g/mol. The Balaban J connectivity index is 0.00000450. The number of unbranched alkanes of at least 4 members (excludes halogenated alkanes) is 2. The third kappa shape index (κ3) is 8.70. The highest BCUT2D eigenvalue weighted by Gasteiger charge is 2.26. The fourth-order valence-corrected chi connectivity index (χ4v) is 3.87. The van der Waals surface area contributed by atoms with Gasteiger partial charge in [-0.05, 0) is 37.1 Å². The zero-order valence-corrected chi connectivity index (χ0v) is 18.4. The molecule has 0 fully saturated rings. The molecule has 0 spiro atoms. The molecular weight excluding hydrogens is 455 g/mol. The molecule has 2 aromatic rings. The number of carboxylic acid groups (broad SMARTS) is 1. The van der Waals surface area contributed by atoms with Gasteiger partial charge in [0.05, 0.1) is 11.2 Å². The number of aliphatic carboxylic acids is 1. The van der Waals surface area contributed by atoms with E-state index in [0.29, 0.717) is 30.8 Å². The number of carboxylic acids is 1. The van der Waals surface area contributed by atoms with Crippen LogP contribution in [0.25, 0.3) is 0 Å². The van der Waals surface area contributed by atoms with E-state index in [0.717, 1.165) is 0 Å². The molecule has 0 saturated carbocycles. The topological polar surface area (TPSA) is 130 Å². The third-order valence-electron chi connectivity index (χ3n) is 4.06. The molecule has 0 radical (unpaired) electrons. The van der Waals surface area contributed by atoms with Crippen LogP contribution in [0, 0.1) is 0 Å². The molecule has 2 rings (SSSR count). The summed E-state index contributed by atoms with van der Waals surface area (Å²) >= 11 is 5.80. The van der Waals surface area contributed by atoms with E-state index in [9.17, 15) is 18.0 Å². The summed E-state index contributed by atoms with van der Waals surface area (Å²) in [7, 11) is -3.94. The molecule has 1 aromatic heterocycles. The zero-order chi connectivity index (χ0) is 21.3. The Morgan fingerprint density at radius 2 is 1.87 bits per heavy atom. The predicted molar refractivity (Wildman–Crippen MR) is 114 cm³/mol. The van der Waals surface area contributed by atoms with Crippen molar-refractivity contribution < 1.29 is 23.1 Å². The summed E-state index contributed by atoms with van der Waals surface area (Å²) in [4.78, 5) is 27.0. The molecule has 9 nitrogen and oxygen atoms in total. The number of sulfonamides is 1. The van der Waals surface area contributed by atoms with Crippen molar-refractivity contribution >= 4 is 45.9 Å². The van der Waals surface area contributed by atoms with Crippen LogP contribution in [0.3, 0.4) is 0 Å². The van der Waals surface area contributed by atoms with Crippen LogP contribution in [0.2, 0.25) is 5.02 Å². The van der Waals surface area contributed by atoms with Crippen LogP contribution in [0.1, 0.15) is 25.7 Å². The Morgan fingerprint density at radius 1 is 1.17 bits per heavy atom. The molecule has 0 bridgehead atoms. The lowest BCUT2D eigenvalue weighted by molar-refractivity contribution is -0.137. The van der Waals surface area contributed by atoms with Gasteiger partial charge in [-0.15, -0.1) is 12.4 Å². The van der Waals surface area contributed by atoms with Crippen molar-refractivity contribution in [2.45, 2.75) is 43.2 Å². The fraction of sp³-hybridized carbons (Fsp3) is 0.389. The maximum Gasteiger partial charge on any atom is 0.303 e. The first kappa shape index (κ1) is 25.9. The van der Waals surface area contributed by atoms with Crippen LogP contribution in [-0.4, -0.2) is 47.5 Å². The molecule has 0 aliphatic rings. The third-order valence-corrected chi connectivity index (χ3v) is 5.80. The van der Waals surface area contributed by atoms with Gasteiger partial charge in [-0.2, -0.15) is 4.72 Å². The molecule has 30 heavy (non-hydrogen) atoms. The molecule has 3 N–H and O–H groups in total. The van der Waals surface area contributed by atoms with Crippen molar-refractivity contribution in [3.63, 3.8) is 0 Å². The Morgan fingerprint density at radius 3 is 2.47 bits per heavy atom. The first-order chi connectivity index (χ1) is 13.8. The second-order valence-corrected chi connectivity index (χ2v) is 8.53. The summed E-state index contributed by atoms with van der Waals surface area (Å²) in [5.41, 5.74) is 0. The van der Waals surface area contributed by atoms with Crippen molar-refractivity contribution in [3.05, 3.63) is 48.0 Å². The van der Waals surface area contributed by atoms with Crippen LogP contribution in [-0.2, 0) is 26.2 Å². The number of hydrogen-bond donors (Lipinski definition) is 3. The molecule has 1 amide bonds. The van der Waals surface area contributed by atoms with Crippen molar-refractivity contribution in [1.29, 1.82) is 0 Å². The minimum atomic E-state index is -3.94. The number of rotatable bonds is 12. The van der Waals surface area contributed by atoms with Crippen LogP contribution in [0.15, 0.2) is 47.9 Å². The van der Waals surface area contributed by atoms with Gasteiger partial charge < -0.3 is 15.0 Å². The van der Waals surface area contributed by atoms with E-state index in [4.69, 9.17) is 16.7 Å². The highest BCUT2D eigenvalue weighted by molar-refractivity contribution is 7.89. The number of carbonyl (C=O) groups is 2. The van der Waals surface area contributed by atoms with E-state index >= 15 is 0 Å². The van der Waals surface area contributed by atoms with Gasteiger partial charge in [0, 0.05) is 36.9 Å². The number of nitrogens with zero attached hydrogens (tertiary/aromatic N) is 2. The zero-order valence-electron chi connectivity index (χ0n) is 16.0. The monoisotopic (exact) mass is 478 g/mol. The fourth-order valence-electron chi connectivity index (χ4n) is 2.56. The number of aromatic nitrogens is 2.